The first-order chi connectivity index (χ1) is 11.9. The summed E-state index contributed by atoms with van der Waals surface area (Å²) in [6.45, 7) is 2.31. The van der Waals surface area contributed by atoms with E-state index in [4.69, 9.17) is 9.84 Å². The molecule has 0 aromatic heterocycles. The molecule has 136 valence electrons. The van der Waals surface area contributed by atoms with E-state index in [1.54, 1.807) is 4.90 Å². The molecule has 7 nitrogen and oxygen atoms in total. The number of phenols is 1. The van der Waals surface area contributed by atoms with Crippen molar-refractivity contribution in [2.75, 3.05) is 39.4 Å². The van der Waals surface area contributed by atoms with Gasteiger partial charge < -0.3 is 19.8 Å². The van der Waals surface area contributed by atoms with E-state index in [9.17, 15) is 19.1 Å². The molecule has 2 atom stereocenters. The van der Waals surface area contributed by atoms with Crippen LogP contribution in [0.25, 0.3) is 0 Å². The Balaban J connectivity index is 1.73. The molecule has 2 aliphatic rings. The number of carbonyl (C=O) groups excluding carboxylic acids is 1. The van der Waals surface area contributed by atoms with E-state index in [2.05, 4.69) is 0 Å². The number of carboxylic acids is 1. The van der Waals surface area contributed by atoms with Crippen molar-refractivity contribution >= 4 is 11.9 Å². The minimum atomic E-state index is -0.890. The molecule has 2 heterocycles. The lowest BCUT2D eigenvalue weighted by Gasteiger charge is -2.30. The molecule has 1 amide bonds. The summed E-state index contributed by atoms with van der Waals surface area (Å²) in [6, 6.07) is 3.69. The lowest BCUT2D eigenvalue weighted by atomic mass is 10.1. The molecule has 2 aliphatic heterocycles. The third kappa shape index (κ3) is 4.26. The summed E-state index contributed by atoms with van der Waals surface area (Å²) in [7, 11) is 0. The van der Waals surface area contributed by atoms with Gasteiger partial charge in [0.2, 0.25) is 5.91 Å². The molecule has 2 N–H and O–H groups in total. The maximum Gasteiger partial charge on any atom is 0.317 e. The summed E-state index contributed by atoms with van der Waals surface area (Å²) in [5.41, 5.74) is 0.488. The van der Waals surface area contributed by atoms with Gasteiger partial charge in [-0.2, -0.15) is 0 Å². The van der Waals surface area contributed by atoms with Crippen molar-refractivity contribution in [1.82, 2.24) is 9.80 Å². The molecule has 0 unspecified atom stereocenters. The first-order valence-electron chi connectivity index (χ1n) is 8.21. The molecule has 1 aromatic carbocycles. The summed E-state index contributed by atoms with van der Waals surface area (Å²) in [5.74, 6) is -2.19. The Morgan fingerprint density at radius 2 is 2.04 bits per heavy atom. The van der Waals surface area contributed by atoms with E-state index in [0.717, 1.165) is 6.07 Å². The summed E-state index contributed by atoms with van der Waals surface area (Å²) in [5, 5.41) is 18.3. The largest absolute Gasteiger partial charge is 0.505 e. The highest BCUT2D eigenvalue weighted by Crippen LogP contribution is 2.22. The fraction of sp³-hybridized carbons (Fsp3) is 0.529. The Hall–Kier alpha value is -2.19. The fourth-order valence-electron chi connectivity index (χ4n) is 3.50. The van der Waals surface area contributed by atoms with Crippen molar-refractivity contribution < 1.29 is 28.9 Å². The number of hydrogen-bond acceptors (Lipinski definition) is 5. The third-order valence-corrected chi connectivity index (χ3v) is 4.59. The number of halogens is 1. The lowest BCUT2D eigenvalue weighted by Crippen LogP contribution is -2.47. The molecule has 2 bridgehead atoms. The van der Waals surface area contributed by atoms with Gasteiger partial charge in [-0.1, -0.05) is 6.07 Å². The van der Waals surface area contributed by atoms with Gasteiger partial charge in [0.25, 0.3) is 0 Å². The maximum absolute atomic E-state index is 13.5. The molecular formula is C17H21FN2O5. The van der Waals surface area contributed by atoms with Gasteiger partial charge in [-0.05, 0) is 17.7 Å². The first-order valence-corrected chi connectivity index (χ1v) is 8.21. The second-order valence-corrected chi connectivity index (χ2v) is 6.65. The maximum atomic E-state index is 13.5. The molecule has 0 spiro atoms. The molecule has 2 saturated heterocycles. The fourth-order valence-corrected chi connectivity index (χ4v) is 3.50. The number of benzene rings is 1. The van der Waals surface area contributed by atoms with E-state index in [1.165, 1.54) is 12.1 Å². The van der Waals surface area contributed by atoms with Crippen LogP contribution in [0.2, 0.25) is 0 Å². The molecule has 0 radical (unpaired) electrons. The molecular weight excluding hydrogens is 331 g/mol. The van der Waals surface area contributed by atoms with Crippen molar-refractivity contribution in [2.45, 2.75) is 12.5 Å². The second kappa shape index (κ2) is 7.37. The zero-order valence-corrected chi connectivity index (χ0v) is 13.7. The average Bonchev–Trinajstić information content (AvgIpc) is 2.81. The Morgan fingerprint density at radius 3 is 2.76 bits per heavy atom. The zero-order chi connectivity index (χ0) is 18.0. The minimum Gasteiger partial charge on any atom is -0.505 e. The summed E-state index contributed by atoms with van der Waals surface area (Å²) < 4.78 is 19.1. The van der Waals surface area contributed by atoms with Crippen LogP contribution in [0.15, 0.2) is 18.2 Å². The first kappa shape index (κ1) is 17.6. The number of aromatic hydroxyl groups is 1. The van der Waals surface area contributed by atoms with Crippen LogP contribution in [-0.2, 0) is 20.7 Å². The number of carboxylic acid groups (broad SMARTS) is 1. The molecule has 3 rings (SSSR count). The predicted molar refractivity (Wildman–Crippen MR) is 85.7 cm³/mol. The van der Waals surface area contributed by atoms with E-state index >= 15 is 0 Å². The van der Waals surface area contributed by atoms with Gasteiger partial charge >= 0.3 is 5.97 Å². The van der Waals surface area contributed by atoms with Gasteiger partial charge in [-0.15, -0.1) is 0 Å². The van der Waals surface area contributed by atoms with Crippen LogP contribution in [0, 0.1) is 11.7 Å². The minimum absolute atomic E-state index is 0.0271. The molecule has 1 aromatic rings. The lowest BCUT2D eigenvalue weighted by molar-refractivity contribution is -0.138. The highest BCUT2D eigenvalue weighted by atomic mass is 19.1. The standard InChI is InChI=1S/C17H21FN2O5/c18-14-3-11(1-2-15(14)21)4-16(22)20-6-12-5-19(8-17(23)24)7-13(20)10-25-9-12/h1-3,12-13,21H,4-10H2,(H,23,24)/t12-,13-/m0/s1. The number of fused-ring (bicyclic) bond motifs is 3. The smallest absolute Gasteiger partial charge is 0.317 e. The highest BCUT2D eigenvalue weighted by Gasteiger charge is 2.36. The molecule has 2 fully saturated rings. The SMILES string of the molecule is O=C(O)CN1C[C@@H]2COC[C@H](C1)N(C(=O)Cc1ccc(O)c(F)c1)C2. The van der Waals surface area contributed by atoms with Gasteiger partial charge in [0.05, 0.1) is 32.2 Å². The Kier molecular flexibility index (Phi) is 5.19. The van der Waals surface area contributed by atoms with Crippen molar-refractivity contribution in [3.63, 3.8) is 0 Å². The predicted octanol–water partition coefficient (Wildman–Crippen LogP) is 0.318. The Bertz CT molecular complexity index is 668. The number of nitrogens with zero attached hydrogens (tertiary/aromatic N) is 2. The number of ether oxygens (including phenoxy) is 1. The highest BCUT2D eigenvalue weighted by molar-refractivity contribution is 5.79. The average molecular weight is 352 g/mol. The Labute approximate surface area is 144 Å². The quantitative estimate of drug-likeness (QED) is 0.811. The van der Waals surface area contributed by atoms with E-state index in [1.807, 2.05) is 4.90 Å². The normalized spacial score (nSPS) is 24.0. The van der Waals surface area contributed by atoms with Crippen LogP contribution in [0.1, 0.15) is 5.56 Å². The van der Waals surface area contributed by atoms with Gasteiger partial charge in [-0.3, -0.25) is 14.5 Å². The van der Waals surface area contributed by atoms with Crippen LogP contribution < -0.4 is 0 Å². The number of aliphatic carboxylic acids is 1. The van der Waals surface area contributed by atoms with Gasteiger partial charge in [0.1, 0.15) is 0 Å². The van der Waals surface area contributed by atoms with E-state index in [0.29, 0.717) is 38.4 Å². The number of hydrogen-bond donors (Lipinski definition) is 2. The summed E-state index contributed by atoms with van der Waals surface area (Å²) in [4.78, 5) is 27.3. The number of amides is 1. The monoisotopic (exact) mass is 352 g/mol. The van der Waals surface area contributed by atoms with Crippen molar-refractivity contribution in [1.29, 1.82) is 0 Å². The van der Waals surface area contributed by atoms with Crippen molar-refractivity contribution in [2.24, 2.45) is 5.92 Å². The van der Waals surface area contributed by atoms with Crippen molar-refractivity contribution in [3.05, 3.63) is 29.6 Å². The van der Waals surface area contributed by atoms with Gasteiger partial charge in [0, 0.05) is 25.6 Å². The van der Waals surface area contributed by atoms with Gasteiger partial charge in [0.15, 0.2) is 11.6 Å². The number of phenolic OH excluding ortho intramolecular Hbond substituents is 1. The Morgan fingerprint density at radius 1 is 1.24 bits per heavy atom. The molecule has 8 heteroatoms. The van der Waals surface area contributed by atoms with Crippen molar-refractivity contribution in [3.8, 4) is 5.75 Å². The third-order valence-electron chi connectivity index (χ3n) is 4.59. The molecule has 0 aliphatic carbocycles. The summed E-state index contributed by atoms with van der Waals surface area (Å²) in [6.07, 6.45) is 0.0271. The molecule has 0 saturated carbocycles. The van der Waals surface area contributed by atoms with E-state index < -0.39 is 17.5 Å². The second-order valence-electron chi connectivity index (χ2n) is 6.65. The van der Waals surface area contributed by atoms with Crippen LogP contribution in [0.4, 0.5) is 4.39 Å². The van der Waals surface area contributed by atoms with Gasteiger partial charge in [-0.25, -0.2) is 4.39 Å². The van der Waals surface area contributed by atoms with Crippen LogP contribution in [0.5, 0.6) is 5.75 Å². The van der Waals surface area contributed by atoms with Crippen LogP contribution in [-0.4, -0.2) is 77.3 Å². The molecule has 25 heavy (non-hydrogen) atoms. The number of rotatable bonds is 4. The summed E-state index contributed by atoms with van der Waals surface area (Å²) >= 11 is 0. The van der Waals surface area contributed by atoms with Crippen LogP contribution >= 0.6 is 0 Å². The van der Waals surface area contributed by atoms with Crippen LogP contribution in [0.3, 0.4) is 0 Å². The van der Waals surface area contributed by atoms with E-state index in [-0.39, 0.29) is 30.8 Å². The zero-order valence-electron chi connectivity index (χ0n) is 13.7. The topological polar surface area (TPSA) is 90.3 Å². The number of carbonyl (C=O) groups is 2.